The molecule has 0 saturated carbocycles. The smallest absolute Gasteiger partial charge is 0.292 e. The SMILES string of the molecule is Cc1c(-c2ncc(C(=O)N3CCc4[nH]cnc4[C@H]3c3cc4ccccc4o3)o2)cnn1C. The number of aromatic nitrogens is 5. The second kappa shape index (κ2) is 6.94. The third-order valence-electron chi connectivity index (χ3n) is 6.08. The number of fused-ring (bicyclic) bond motifs is 2. The van der Waals surface area contributed by atoms with Crippen LogP contribution >= 0.6 is 0 Å². The number of hydrogen-bond donors (Lipinski definition) is 1. The van der Waals surface area contributed by atoms with Gasteiger partial charge < -0.3 is 18.7 Å². The topological polar surface area (TPSA) is 106 Å². The average molecular weight is 428 g/mol. The van der Waals surface area contributed by atoms with E-state index >= 15 is 0 Å². The minimum absolute atomic E-state index is 0.170. The number of hydrogen-bond acceptors (Lipinski definition) is 6. The van der Waals surface area contributed by atoms with Crippen LogP contribution in [0.15, 0.2) is 57.9 Å². The largest absolute Gasteiger partial charge is 0.458 e. The van der Waals surface area contributed by atoms with Gasteiger partial charge in [-0.3, -0.25) is 9.48 Å². The maximum Gasteiger partial charge on any atom is 0.292 e. The molecule has 6 rings (SSSR count). The second-order valence-electron chi connectivity index (χ2n) is 7.90. The molecule has 1 aliphatic heterocycles. The highest BCUT2D eigenvalue weighted by Gasteiger charge is 2.38. The zero-order valence-electron chi connectivity index (χ0n) is 17.6. The monoisotopic (exact) mass is 428 g/mol. The first-order chi connectivity index (χ1) is 15.6. The van der Waals surface area contributed by atoms with Crippen molar-refractivity contribution < 1.29 is 13.6 Å². The van der Waals surface area contributed by atoms with Crippen molar-refractivity contribution in [3.05, 3.63) is 77.7 Å². The van der Waals surface area contributed by atoms with Gasteiger partial charge in [-0.25, -0.2) is 9.97 Å². The van der Waals surface area contributed by atoms with Crippen molar-refractivity contribution in [2.24, 2.45) is 7.05 Å². The van der Waals surface area contributed by atoms with E-state index in [-0.39, 0.29) is 11.7 Å². The highest BCUT2D eigenvalue weighted by atomic mass is 16.4. The normalized spacial score (nSPS) is 15.9. The Kier molecular flexibility index (Phi) is 4.04. The fourth-order valence-electron chi connectivity index (χ4n) is 4.27. The summed E-state index contributed by atoms with van der Waals surface area (Å²) in [4.78, 5) is 27.3. The number of nitrogens with zero attached hydrogens (tertiary/aromatic N) is 5. The number of para-hydroxylation sites is 1. The molecule has 5 heterocycles. The highest BCUT2D eigenvalue weighted by Crippen LogP contribution is 2.37. The zero-order valence-corrected chi connectivity index (χ0v) is 17.6. The fourth-order valence-corrected chi connectivity index (χ4v) is 4.27. The lowest BCUT2D eigenvalue weighted by Crippen LogP contribution is -2.40. The number of amides is 1. The maximum absolute atomic E-state index is 13.6. The van der Waals surface area contributed by atoms with Crippen LogP contribution in [0.1, 0.15) is 39.4 Å². The van der Waals surface area contributed by atoms with E-state index in [0.29, 0.717) is 24.6 Å². The van der Waals surface area contributed by atoms with E-state index in [4.69, 9.17) is 8.83 Å². The lowest BCUT2D eigenvalue weighted by Gasteiger charge is -2.33. The molecule has 0 fully saturated rings. The van der Waals surface area contributed by atoms with Crippen LogP contribution in [0.25, 0.3) is 22.4 Å². The summed E-state index contributed by atoms with van der Waals surface area (Å²) in [5, 5.41) is 5.20. The first-order valence-electron chi connectivity index (χ1n) is 10.4. The number of H-pyrrole nitrogens is 1. The molecule has 4 aromatic heterocycles. The number of carbonyl (C=O) groups is 1. The van der Waals surface area contributed by atoms with Gasteiger partial charge in [0.25, 0.3) is 5.91 Å². The summed E-state index contributed by atoms with van der Waals surface area (Å²) >= 11 is 0. The second-order valence-corrected chi connectivity index (χ2v) is 7.90. The number of aromatic amines is 1. The van der Waals surface area contributed by atoms with E-state index in [1.54, 1.807) is 22.1 Å². The Morgan fingerprint density at radius 2 is 2.06 bits per heavy atom. The van der Waals surface area contributed by atoms with Gasteiger partial charge in [0.1, 0.15) is 17.4 Å². The third-order valence-corrected chi connectivity index (χ3v) is 6.08. The van der Waals surface area contributed by atoms with Crippen LogP contribution < -0.4 is 0 Å². The van der Waals surface area contributed by atoms with Crippen LogP contribution in [0, 0.1) is 6.92 Å². The first kappa shape index (κ1) is 18.6. The number of furan rings is 1. The Labute approximate surface area is 182 Å². The Morgan fingerprint density at radius 3 is 2.88 bits per heavy atom. The molecule has 9 heteroatoms. The molecular weight excluding hydrogens is 408 g/mol. The van der Waals surface area contributed by atoms with E-state index < -0.39 is 6.04 Å². The number of benzene rings is 1. The third kappa shape index (κ3) is 2.78. The summed E-state index contributed by atoms with van der Waals surface area (Å²) in [7, 11) is 1.85. The van der Waals surface area contributed by atoms with Gasteiger partial charge in [0.2, 0.25) is 11.7 Å². The van der Waals surface area contributed by atoms with E-state index in [1.807, 2.05) is 44.3 Å². The molecule has 1 amide bonds. The van der Waals surface area contributed by atoms with Crippen LogP contribution in [-0.2, 0) is 13.5 Å². The number of aryl methyl sites for hydroxylation is 1. The highest BCUT2D eigenvalue weighted by molar-refractivity contribution is 5.92. The van der Waals surface area contributed by atoms with Crippen LogP contribution in [-0.4, -0.2) is 42.1 Å². The van der Waals surface area contributed by atoms with Crippen LogP contribution in [0.4, 0.5) is 0 Å². The van der Waals surface area contributed by atoms with Crippen molar-refractivity contribution in [2.45, 2.75) is 19.4 Å². The summed E-state index contributed by atoms with van der Waals surface area (Å²) in [6, 6.07) is 9.30. The molecular formula is C23H20N6O3. The molecule has 0 bridgehead atoms. The van der Waals surface area contributed by atoms with Gasteiger partial charge in [0, 0.05) is 36.8 Å². The van der Waals surface area contributed by atoms with Gasteiger partial charge in [0.05, 0.1) is 30.0 Å². The molecule has 0 unspecified atom stereocenters. The van der Waals surface area contributed by atoms with Gasteiger partial charge in [0.15, 0.2) is 0 Å². The molecule has 9 nitrogen and oxygen atoms in total. The number of oxazole rings is 1. The Morgan fingerprint density at radius 1 is 1.19 bits per heavy atom. The van der Waals surface area contributed by atoms with Crippen molar-refractivity contribution in [3.8, 4) is 11.5 Å². The first-order valence-corrected chi connectivity index (χ1v) is 10.4. The van der Waals surface area contributed by atoms with Crippen LogP contribution in [0.3, 0.4) is 0 Å². The lowest BCUT2D eigenvalue weighted by molar-refractivity contribution is 0.0641. The summed E-state index contributed by atoms with van der Waals surface area (Å²) in [5.74, 6) is 0.944. The molecule has 0 saturated heterocycles. The van der Waals surface area contributed by atoms with Crippen LogP contribution in [0.2, 0.25) is 0 Å². The summed E-state index contributed by atoms with van der Waals surface area (Å²) in [6.45, 7) is 2.42. The Bertz CT molecular complexity index is 1420. The molecule has 0 radical (unpaired) electrons. The quantitative estimate of drug-likeness (QED) is 0.470. The average Bonchev–Trinajstić information content (AvgIpc) is 3.59. The summed E-state index contributed by atoms with van der Waals surface area (Å²) < 4.78 is 13.8. The molecule has 1 aromatic carbocycles. The van der Waals surface area contributed by atoms with Crippen LogP contribution in [0.5, 0.6) is 0 Å². The standard InChI is InChI=1S/C23H20N6O3/c1-13-15(10-27-28(13)2)22-24-11-19(32-22)23(30)29-8-7-16-20(26-12-25-16)21(29)18-9-14-5-3-4-6-17(14)31-18/h3-6,9-12,21H,7-8H2,1-2H3,(H,25,26)/t21-/m1/s1. The zero-order chi connectivity index (χ0) is 21.8. The Balaban J connectivity index is 1.40. The van der Waals surface area contributed by atoms with Crippen molar-refractivity contribution in [2.75, 3.05) is 6.54 Å². The number of imidazole rings is 1. The minimum Gasteiger partial charge on any atom is -0.458 e. The van der Waals surface area contributed by atoms with Crippen molar-refractivity contribution >= 4 is 16.9 Å². The predicted molar refractivity (Wildman–Crippen MR) is 115 cm³/mol. The van der Waals surface area contributed by atoms with Crippen molar-refractivity contribution in [1.82, 2.24) is 29.6 Å². The fraction of sp³-hybridized carbons (Fsp3) is 0.217. The number of rotatable bonds is 3. The Hall–Kier alpha value is -4.14. The molecule has 1 atom stereocenters. The molecule has 32 heavy (non-hydrogen) atoms. The molecule has 0 aliphatic carbocycles. The predicted octanol–water partition coefficient (Wildman–Crippen LogP) is 3.64. The van der Waals surface area contributed by atoms with E-state index in [0.717, 1.165) is 33.6 Å². The minimum atomic E-state index is -0.460. The number of nitrogens with one attached hydrogen (secondary N) is 1. The molecule has 1 N–H and O–H groups in total. The van der Waals surface area contributed by atoms with Gasteiger partial charge in [-0.2, -0.15) is 5.10 Å². The molecule has 1 aliphatic rings. The van der Waals surface area contributed by atoms with Gasteiger partial charge in [-0.05, 0) is 19.1 Å². The van der Waals surface area contributed by atoms with E-state index in [2.05, 4.69) is 20.1 Å². The lowest BCUT2D eigenvalue weighted by atomic mass is 10.00. The molecule has 5 aromatic rings. The maximum atomic E-state index is 13.6. The molecule has 0 spiro atoms. The summed E-state index contributed by atoms with van der Waals surface area (Å²) in [6.07, 6.45) is 5.48. The van der Waals surface area contributed by atoms with E-state index in [9.17, 15) is 4.79 Å². The summed E-state index contributed by atoms with van der Waals surface area (Å²) in [5.41, 5.74) is 4.22. The van der Waals surface area contributed by atoms with Gasteiger partial charge >= 0.3 is 0 Å². The number of carbonyl (C=O) groups excluding carboxylic acids is 1. The van der Waals surface area contributed by atoms with Crippen molar-refractivity contribution in [1.29, 1.82) is 0 Å². The van der Waals surface area contributed by atoms with Gasteiger partial charge in [-0.15, -0.1) is 0 Å². The molecule has 160 valence electrons. The van der Waals surface area contributed by atoms with Crippen molar-refractivity contribution in [3.63, 3.8) is 0 Å². The van der Waals surface area contributed by atoms with Gasteiger partial charge in [-0.1, -0.05) is 18.2 Å². The van der Waals surface area contributed by atoms with E-state index in [1.165, 1.54) is 6.20 Å².